The number of hydrogen-bond acceptors (Lipinski definition) is 2. The fourth-order valence-corrected chi connectivity index (χ4v) is 1.89. The van der Waals surface area contributed by atoms with Gasteiger partial charge in [0.25, 0.3) is 0 Å². The molecule has 0 saturated heterocycles. The highest BCUT2D eigenvalue weighted by molar-refractivity contribution is 5.11. The molecule has 2 heterocycles. The molecule has 0 aliphatic heterocycles. The van der Waals surface area contributed by atoms with Gasteiger partial charge in [0.05, 0.1) is 17.9 Å². The van der Waals surface area contributed by atoms with E-state index in [2.05, 4.69) is 25.0 Å². The molecule has 0 aliphatic rings. The third-order valence-corrected chi connectivity index (χ3v) is 2.93. The van der Waals surface area contributed by atoms with Gasteiger partial charge >= 0.3 is 5.69 Å². The van der Waals surface area contributed by atoms with Crippen LogP contribution in [-0.4, -0.2) is 18.9 Å². The summed E-state index contributed by atoms with van der Waals surface area (Å²) in [6.07, 6.45) is 4.50. The van der Waals surface area contributed by atoms with Crippen molar-refractivity contribution in [1.82, 2.24) is 18.9 Å². The van der Waals surface area contributed by atoms with E-state index in [4.69, 9.17) is 0 Å². The average Bonchev–Trinajstić information content (AvgIpc) is 2.87. The van der Waals surface area contributed by atoms with Crippen molar-refractivity contribution in [2.24, 2.45) is 7.05 Å². The van der Waals surface area contributed by atoms with E-state index in [0.717, 1.165) is 24.4 Å². The lowest BCUT2D eigenvalue weighted by molar-refractivity contribution is 0.586. The molecular weight excluding hydrogens is 216 g/mol. The summed E-state index contributed by atoms with van der Waals surface area (Å²) in [7, 11) is 1.76. The minimum absolute atomic E-state index is 0.00639. The Bertz CT molecular complexity index is 561. The number of imidazole rings is 1. The van der Waals surface area contributed by atoms with Gasteiger partial charge in [-0.2, -0.15) is 5.10 Å². The Balaban J connectivity index is 2.32. The van der Waals surface area contributed by atoms with Crippen molar-refractivity contribution in [2.75, 3.05) is 0 Å². The van der Waals surface area contributed by atoms with Crippen molar-refractivity contribution < 1.29 is 0 Å². The molecule has 0 radical (unpaired) electrons. The third kappa shape index (κ3) is 2.18. The van der Waals surface area contributed by atoms with E-state index in [1.54, 1.807) is 28.6 Å². The van der Waals surface area contributed by atoms with Crippen LogP contribution in [0.2, 0.25) is 0 Å². The second kappa shape index (κ2) is 4.61. The molecule has 0 N–H and O–H groups in total. The summed E-state index contributed by atoms with van der Waals surface area (Å²) >= 11 is 0. The molecule has 5 heteroatoms. The van der Waals surface area contributed by atoms with Crippen molar-refractivity contribution in [3.63, 3.8) is 0 Å². The molecular formula is C12H18N4O. The second-order valence-corrected chi connectivity index (χ2v) is 4.12. The Morgan fingerprint density at radius 3 is 2.59 bits per heavy atom. The fraction of sp³-hybridized carbons (Fsp3) is 0.500. The van der Waals surface area contributed by atoms with E-state index in [0.29, 0.717) is 6.54 Å². The molecule has 0 fully saturated rings. The molecule has 2 aromatic rings. The molecule has 0 bridgehead atoms. The predicted molar refractivity (Wildman–Crippen MR) is 66.1 cm³/mol. The zero-order valence-electron chi connectivity index (χ0n) is 10.6. The van der Waals surface area contributed by atoms with Crippen LogP contribution in [0.1, 0.15) is 25.2 Å². The first-order valence-electron chi connectivity index (χ1n) is 5.93. The molecule has 17 heavy (non-hydrogen) atoms. The van der Waals surface area contributed by atoms with E-state index < -0.39 is 0 Å². The van der Waals surface area contributed by atoms with Crippen molar-refractivity contribution in [1.29, 1.82) is 0 Å². The quantitative estimate of drug-likeness (QED) is 0.792. The van der Waals surface area contributed by atoms with Crippen molar-refractivity contribution in [2.45, 2.75) is 33.4 Å². The van der Waals surface area contributed by atoms with E-state index in [-0.39, 0.29) is 5.69 Å². The average molecular weight is 234 g/mol. The van der Waals surface area contributed by atoms with Gasteiger partial charge in [-0.1, -0.05) is 6.92 Å². The van der Waals surface area contributed by atoms with Gasteiger partial charge < -0.3 is 4.57 Å². The van der Waals surface area contributed by atoms with E-state index in [9.17, 15) is 4.79 Å². The first kappa shape index (κ1) is 11.7. The highest BCUT2D eigenvalue weighted by atomic mass is 16.1. The number of aromatic nitrogens is 4. The van der Waals surface area contributed by atoms with Gasteiger partial charge in [-0.25, -0.2) is 4.79 Å². The molecule has 0 aliphatic carbocycles. The number of aryl methyl sites for hydroxylation is 3. The second-order valence-electron chi connectivity index (χ2n) is 4.12. The lowest BCUT2D eigenvalue weighted by atomic mass is 10.3. The Morgan fingerprint density at radius 2 is 2.06 bits per heavy atom. The van der Waals surface area contributed by atoms with Crippen LogP contribution in [0.5, 0.6) is 0 Å². The summed E-state index contributed by atoms with van der Waals surface area (Å²) in [5.41, 5.74) is 2.16. The summed E-state index contributed by atoms with van der Waals surface area (Å²) < 4.78 is 5.23. The fourth-order valence-electron chi connectivity index (χ4n) is 1.89. The van der Waals surface area contributed by atoms with Gasteiger partial charge in [0.2, 0.25) is 0 Å². The lowest BCUT2D eigenvalue weighted by Crippen LogP contribution is -2.23. The lowest BCUT2D eigenvalue weighted by Gasteiger charge is -2.04. The highest BCUT2D eigenvalue weighted by Gasteiger charge is 2.08. The summed E-state index contributed by atoms with van der Waals surface area (Å²) in [5, 5.41) is 4.47. The number of rotatable bonds is 4. The Labute approximate surface area is 100 Å². The van der Waals surface area contributed by atoms with Crippen molar-refractivity contribution in [3.05, 3.63) is 40.3 Å². The van der Waals surface area contributed by atoms with Gasteiger partial charge in [-0.15, -0.1) is 0 Å². The molecule has 0 saturated carbocycles. The minimum Gasteiger partial charge on any atom is -0.302 e. The van der Waals surface area contributed by atoms with Gasteiger partial charge in [-0.05, 0) is 19.4 Å². The Hall–Kier alpha value is -1.78. The van der Waals surface area contributed by atoms with Gasteiger partial charge in [0.15, 0.2) is 0 Å². The Morgan fingerprint density at radius 1 is 1.29 bits per heavy atom. The highest BCUT2D eigenvalue weighted by Crippen LogP contribution is 2.06. The molecule has 2 rings (SSSR count). The molecule has 5 nitrogen and oxygen atoms in total. The van der Waals surface area contributed by atoms with Gasteiger partial charge in [0.1, 0.15) is 0 Å². The smallest absolute Gasteiger partial charge is 0.302 e. The summed E-state index contributed by atoms with van der Waals surface area (Å²) in [6, 6.07) is 2.07. The largest absolute Gasteiger partial charge is 0.328 e. The predicted octanol–water partition coefficient (Wildman–Crippen LogP) is 1.01. The normalized spacial score (nSPS) is 11.0. The van der Waals surface area contributed by atoms with E-state index in [1.165, 1.54) is 0 Å². The maximum Gasteiger partial charge on any atom is 0.328 e. The molecule has 0 amide bonds. The minimum atomic E-state index is 0.00639. The van der Waals surface area contributed by atoms with Crippen LogP contribution in [0.4, 0.5) is 0 Å². The van der Waals surface area contributed by atoms with E-state index in [1.807, 2.05) is 4.68 Å². The van der Waals surface area contributed by atoms with Crippen LogP contribution in [0.15, 0.2) is 23.3 Å². The molecule has 0 aromatic carbocycles. The molecule has 92 valence electrons. The van der Waals surface area contributed by atoms with Crippen LogP contribution < -0.4 is 5.69 Å². The molecule has 2 aromatic heterocycles. The summed E-state index contributed by atoms with van der Waals surface area (Å²) in [6.45, 7) is 5.56. The van der Waals surface area contributed by atoms with E-state index >= 15 is 0 Å². The topological polar surface area (TPSA) is 44.8 Å². The number of hydrogen-bond donors (Lipinski definition) is 0. The first-order chi connectivity index (χ1) is 8.15. The molecule has 0 unspecified atom stereocenters. The van der Waals surface area contributed by atoms with Crippen LogP contribution in [-0.2, 0) is 26.6 Å². The third-order valence-electron chi connectivity index (χ3n) is 2.93. The molecule has 0 spiro atoms. The van der Waals surface area contributed by atoms with Crippen LogP contribution in [0.25, 0.3) is 0 Å². The number of nitrogens with zero attached hydrogens (tertiary/aromatic N) is 4. The maximum absolute atomic E-state index is 11.7. The first-order valence-corrected chi connectivity index (χ1v) is 5.93. The SMILES string of the molecule is CCc1cc(Cn2ccn(C)c2=O)n(CC)n1. The summed E-state index contributed by atoms with van der Waals surface area (Å²) in [5.74, 6) is 0. The monoisotopic (exact) mass is 234 g/mol. The van der Waals surface area contributed by atoms with Crippen molar-refractivity contribution in [3.8, 4) is 0 Å². The van der Waals surface area contributed by atoms with Crippen LogP contribution in [0, 0.1) is 0 Å². The van der Waals surface area contributed by atoms with Crippen LogP contribution >= 0.6 is 0 Å². The van der Waals surface area contributed by atoms with Gasteiger partial charge in [0, 0.05) is 26.0 Å². The zero-order valence-corrected chi connectivity index (χ0v) is 10.6. The standard InChI is InChI=1S/C12H18N4O/c1-4-10-8-11(16(5-2)13-10)9-15-7-6-14(3)12(15)17/h6-8H,4-5,9H2,1-3H3. The Kier molecular flexibility index (Phi) is 3.17. The summed E-state index contributed by atoms with van der Waals surface area (Å²) in [4.78, 5) is 11.7. The molecule has 0 atom stereocenters. The van der Waals surface area contributed by atoms with Crippen molar-refractivity contribution >= 4 is 0 Å². The van der Waals surface area contributed by atoms with Gasteiger partial charge in [-0.3, -0.25) is 9.25 Å². The zero-order chi connectivity index (χ0) is 12.4. The van der Waals surface area contributed by atoms with Crippen LogP contribution in [0.3, 0.4) is 0 Å². The maximum atomic E-state index is 11.7.